The Labute approximate surface area is 245 Å². The molecule has 2 heterocycles. The van der Waals surface area contributed by atoms with Gasteiger partial charge in [0.15, 0.2) is 0 Å². The minimum atomic E-state index is 0.731. The van der Waals surface area contributed by atoms with Crippen LogP contribution in [0.15, 0.2) is 91.0 Å². The fraction of sp³-hybridized carbons (Fsp3) is 0.179. The number of aryl methyl sites for hydroxylation is 6. The van der Waals surface area contributed by atoms with Gasteiger partial charge in [0, 0.05) is 21.7 Å². The average molecular weight is 542 g/mol. The molecule has 0 saturated carbocycles. The second-order valence-electron chi connectivity index (χ2n) is 12.0. The number of rotatable bonds is 4. The first kappa shape index (κ1) is 23.9. The van der Waals surface area contributed by atoms with Gasteiger partial charge in [0.05, 0.1) is 22.2 Å². The third kappa shape index (κ3) is 3.40. The summed E-state index contributed by atoms with van der Waals surface area (Å²) in [5.41, 5.74) is 16.8. The zero-order chi connectivity index (χ0) is 27.9. The first-order valence-electron chi connectivity index (χ1n) is 15.2. The topological polar surface area (TPSA) is 30.7 Å². The highest BCUT2D eigenvalue weighted by atomic mass is 15.2. The number of hydrogen-bond acceptors (Lipinski definition) is 2. The second-order valence-corrected chi connectivity index (χ2v) is 12.0. The normalized spacial score (nSPS) is 13.7. The van der Waals surface area contributed by atoms with Gasteiger partial charge >= 0.3 is 0 Å². The van der Waals surface area contributed by atoms with Crippen LogP contribution in [0.5, 0.6) is 0 Å². The Morgan fingerprint density at radius 2 is 1.29 bits per heavy atom. The van der Waals surface area contributed by atoms with E-state index in [-0.39, 0.29) is 0 Å². The lowest BCUT2D eigenvalue weighted by atomic mass is 9.82. The summed E-state index contributed by atoms with van der Waals surface area (Å²) in [7, 11) is 0. The lowest BCUT2D eigenvalue weighted by Gasteiger charge is -2.23. The SMILES string of the molecule is CCc1cc2c(cc1-c1cc3c(cc1C)c1cc4c(cc1n3-c1nc(-c3ccccc3)c3ccccc3n1)CC4)CC2. The van der Waals surface area contributed by atoms with Gasteiger partial charge < -0.3 is 0 Å². The van der Waals surface area contributed by atoms with Crippen molar-refractivity contribution in [1.82, 2.24) is 14.5 Å². The molecule has 2 aromatic heterocycles. The van der Waals surface area contributed by atoms with E-state index in [0.29, 0.717) is 0 Å². The number of hydrogen-bond donors (Lipinski definition) is 0. The molecule has 0 aliphatic heterocycles. The van der Waals surface area contributed by atoms with E-state index in [1.54, 1.807) is 0 Å². The van der Waals surface area contributed by atoms with Gasteiger partial charge in [-0.2, -0.15) is 0 Å². The van der Waals surface area contributed by atoms with Crippen LogP contribution in [-0.4, -0.2) is 14.5 Å². The first-order chi connectivity index (χ1) is 20.7. The molecular weight excluding hydrogens is 510 g/mol. The second kappa shape index (κ2) is 8.87. The summed E-state index contributed by atoms with van der Waals surface area (Å²) >= 11 is 0. The fourth-order valence-corrected chi connectivity index (χ4v) is 7.19. The molecule has 0 radical (unpaired) electrons. The Kier molecular flexibility index (Phi) is 5.05. The zero-order valence-electron chi connectivity index (χ0n) is 24.0. The standard InChI is InChI=1S/C39H31N3/c1-3-24-18-26-13-14-27(26)19-32(24)31-22-37-33(17-23(31)2)34-20-28-15-16-29(28)21-36(34)42(37)39-40-35-12-8-7-11-30(35)38(41-39)25-9-5-4-6-10-25/h4-12,17-22H,3,13-16H2,1-2H3. The minimum absolute atomic E-state index is 0.731. The van der Waals surface area contributed by atoms with E-state index in [1.165, 1.54) is 79.2 Å². The van der Waals surface area contributed by atoms with Crippen LogP contribution in [0.2, 0.25) is 0 Å². The summed E-state index contributed by atoms with van der Waals surface area (Å²) < 4.78 is 2.33. The van der Waals surface area contributed by atoms with Gasteiger partial charge in [-0.1, -0.05) is 67.6 Å². The number of fused-ring (bicyclic) bond motifs is 6. The summed E-state index contributed by atoms with van der Waals surface area (Å²) in [6, 6.07) is 33.5. The average Bonchev–Trinajstić information content (AvgIpc) is 3.30. The maximum atomic E-state index is 5.33. The molecule has 5 aromatic carbocycles. The largest absolute Gasteiger partial charge is 0.278 e. The van der Waals surface area contributed by atoms with Crippen molar-refractivity contribution in [2.24, 2.45) is 0 Å². The number of para-hydroxylation sites is 1. The van der Waals surface area contributed by atoms with E-state index in [2.05, 4.69) is 109 Å². The van der Waals surface area contributed by atoms with E-state index in [1.807, 2.05) is 0 Å². The summed E-state index contributed by atoms with van der Waals surface area (Å²) in [6.45, 7) is 4.55. The Morgan fingerprint density at radius 3 is 2.07 bits per heavy atom. The van der Waals surface area contributed by atoms with Gasteiger partial charge in [-0.15, -0.1) is 0 Å². The number of benzene rings is 5. The lowest BCUT2D eigenvalue weighted by molar-refractivity contribution is 0.834. The van der Waals surface area contributed by atoms with Crippen molar-refractivity contribution in [2.45, 2.75) is 46.0 Å². The third-order valence-electron chi connectivity index (χ3n) is 9.70. The molecule has 3 nitrogen and oxygen atoms in total. The predicted molar refractivity (Wildman–Crippen MR) is 174 cm³/mol. The molecule has 0 fully saturated rings. The van der Waals surface area contributed by atoms with Crippen LogP contribution in [0, 0.1) is 6.92 Å². The molecule has 202 valence electrons. The Morgan fingerprint density at radius 1 is 0.619 bits per heavy atom. The molecule has 0 atom stereocenters. The molecule has 7 aromatic rings. The molecule has 3 heteroatoms. The maximum absolute atomic E-state index is 5.33. The van der Waals surface area contributed by atoms with E-state index in [4.69, 9.17) is 9.97 Å². The van der Waals surface area contributed by atoms with Crippen molar-refractivity contribution in [3.63, 3.8) is 0 Å². The van der Waals surface area contributed by atoms with Crippen molar-refractivity contribution in [2.75, 3.05) is 0 Å². The molecule has 0 amide bonds. The summed E-state index contributed by atoms with van der Waals surface area (Å²) in [4.78, 5) is 10.5. The highest BCUT2D eigenvalue weighted by Gasteiger charge is 2.24. The predicted octanol–water partition coefficient (Wildman–Crippen LogP) is 9.13. The summed E-state index contributed by atoms with van der Waals surface area (Å²) in [6.07, 6.45) is 5.73. The van der Waals surface area contributed by atoms with E-state index in [9.17, 15) is 0 Å². The fourth-order valence-electron chi connectivity index (χ4n) is 7.19. The van der Waals surface area contributed by atoms with Crippen molar-refractivity contribution in [3.8, 4) is 28.3 Å². The zero-order valence-corrected chi connectivity index (χ0v) is 24.0. The molecule has 0 saturated heterocycles. The minimum Gasteiger partial charge on any atom is -0.278 e. The summed E-state index contributed by atoms with van der Waals surface area (Å²) in [5.74, 6) is 0.731. The van der Waals surface area contributed by atoms with Crippen LogP contribution >= 0.6 is 0 Å². The Balaban J connectivity index is 1.38. The Bertz CT molecular complexity index is 2240. The molecule has 0 bridgehead atoms. The van der Waals surface area contributed by atoms with Crippen LogP contribution in [0.4, 0.5) is 0 Å². The van der Waals surface area contributed by atoms with Crippen LogP contribution < -0.4 is 0 Å². The third-order valence-corrected chi connectivity index (χ3v) is 9.70. The van der Waals surface area contributed by atoms with E-state index >= 15 is 0 Å². The summed E-state index contributed by atoms with van der Waals surface area (Å²) in [5, 5.41) is 3.65. The molecule has 0 unspecified atom stereocenters. The van der Waals surface area contributed by atoms with Crippen molar-refractivity contribution in [3.05, 3.63) is 124 Å². The van der Waals surface area contributed by atoms with Crippen LogP contribution in [0.3, 0.4) is 0 Å². The molecule has 0 N–H and O–H groups in total. The van der Waals surface area contributed by atoms with Gasteiger partial charge in [-0.05, 0) is 114 Å². The highest BCUT2D eigenvalue weighted by Crippen LogP contribution is 2.41. The van der Waals surface area contributed by atoms with Crippen LogP contribution in [-0.2, 0) is 32.1 Å². The van der Waals surface area contributed by atoms with Gasteiger partial charge in [-0.25, -0.2) is 9.97 Å². The molecule has 0 spiro atoms. The molecule has 9 rings (SSSR count). The van der Waals surface area contributed by atoms with Gasteiger partial charge in [-0.3, -0.25) is 4.57 Å². The van der Waals surface area contributed by atoms with Crippen molar-refractivity contribution in [1.29, 1.82) is 0 Å². The number of nitrogens with zero attached hydrogens (tertiary/aromatic N) is 3. The van der Waals surface area contributed by atoms with Crippen LogP contribution in [0.25, 0.3) is 61.0 Å². The lowest BCUT2D eigenvalue weighted by Crippen LogP contribution is -2.10. The molecule has 2 aliphatic carbocycles. The van der Waals surface area contributed by atoms with E-state index < -0.39 is 0 Å². The van der Waals surface area contributed by atoms with Gasteiger partial charge in [0.1, 0.15) is 0 Å². The van der Waals surface area contributed by atoms with Gasteiger partial charge in [0.25, 0.3) is 0 Å². The van der Waals surface area contributed by atoms with Crippen molar-refractivity contribution >= 4 is 32.7 Å². The molecule has 2 aliphatic rings. The van der Waals surface area contributed by atoms with Crippen molar-refractivity contribution < 1.29 is 0 Å². The smallest absolute Gasteiger partial charge is 0.235 e. The van der Waals surface area contributed by atoms with Gasteiger partial charge in [0.2, 0.25) is 5.95 Å². The maximum Gasteiger partial charge on any atom is 0.235 e. The molecular formula is C39H31N3. The first-order valence-corrected chi connectivity index (χ1v) is 15.2. The monoisotopic (exact) mass is 541 g/mol. The number of aromatic nitrogens is 3. The highest BCUT2D eigenvalue weighted by molar-refractivity contribution is 6.11. The molecule has 42 heavy (non-hydrogen) atoms. The van der Waals surface area contributed by atoms with E-state index in [0.717, 1.165) is 47.4 Å². The Hall–Kier alpha value is -4.76. The van der Waals surface area contributed by atoms with Crippen LogP contribution in [0.1, 0.15) is 40.3 Å². The quantitative estimate of drug-likeness (QED) is 0.222.